The van der Waals surface area contributed by atoms with Crippen molar-refractivity contribution in [2.24, 2.45) is 7.05 Å². The first-order valence-electron chi connectivity index (χ1n) is 8.75. The number of carbonyl (C=O) groups is 1. The van der Waals surface area contributed by atoms with Gasteiger partial charge in [-0.3, -0.25) is 9.59 Å². The molecule has 1 aliphatic rings. The molecule has 1 aromatic heterocycles. The van der Waals surface area contributed by atoms with E-state index in [1.165, 1.54) is 11.8 Å². The number of hydrogen-bond donors (Lipinski definition) is 1. The highest BCUT2D eigenvalue weighted by Crippen LogP contribution is 2.39. The molecule has 1 aliphatic heterocycles. The highest BCUT2D eigenvalue weighted by atomic mass is 32.2. The molecule has 0 spiro atoms. The van der Waals surface area contributed by atoms with E-state index in [2.05, 4.69) is 17.2 Å². The van der Waals surface area contributed by atoms with E-state index in [1.54, 1.807) is 24.9 Å². The average molecular weight is 389 g/mol. The van der Waals surface area contributed by atoms with Gasteiger partial charge in [0, 0.05) is 25.1 Å². The number of nitrogens with zero attached hydrogens (tertiary/aromatic N) is 2. The molecule has 0 fully saturated rings. The van der Waals surface area contributed by atoms with Crippen LogP contribution in [0.3, 0.4) is 0 Å². The van der Waals surface area contributed by atoms with Gasteiger partial charge >= 0.3 is 0 Å². The highest BCUT2D eigenvalue weighted by molar-refractivity contribution is 7.99. The normalized spacial score (nSPS) is 15.9. The molecule has 2 heterocycles. The summed E-state index contributed by atoms with van der Waals surface area (Å²) in [4.78, 5) is 29.5. The van der Waals surface area contributed by atoms with Crippen LogP contribution in [0.25, 0.3) is 0 Å². The summed E-state index contributed by atoms with van der Waals surface area (Å²) < 4.78 is 12.4. The van der Waals surface area contributed by atoms with Crippen LogP contribution in [-0.4, -0.2) is 35.4 Å². The van der Waals surface area contributed by atoms with Crippen molar-refractivity contribution >= 4 is 23.5 Å². The Morgan fingerprint density at radius 1 is 1.26 bits per heavy atom. The zero-order valence-electron chi connectivity index (χ0n) is 15.9. The quantitative estimate of drug-likeness (QED) is 0.604. The molecule has 0 saturated heterocycles. The number of amides is 1. The Morgan fingerprint density at radius 2 is 2.00 bits per heavy atom. The van der Waals surface area contributed by atoms with Crippen LogP contribution in [0, 0.1) is 0 Å². The van der Waals surface area contributed by atoms with Crippen LogP contribution < -0.4 is 20.3 Å². The van der Waals surface area contributed by atoms with Crippen LogP contribution in [0.5, 0.6) is 11.5 Å². The Hall–Kier alpha value is -2.48. The topological polar surface area (TPSA) is 82.5 Å². The van der Waals surface area contributed by atoms with E-state index in [9.17, 15) is 9.59 Å². The summed E-state index contributed by atoms with van der Waals surface area (Å²) in [7, 11) is 4.94. The first kappa shape index (κ1) is 19.3. The standard InChI is InChI=1S/C19H23N3O4S/c1-5-8-27-19-21-18(24)16-12(10-15(23)20-17(16)22(19)2)11-6-7-13(25-3)14(9-11)26-4/h6-7,9,12H,5,8,10H2,1-4H3,(H,20,23)/t12-/m0/s1. The van der Waals surface area contributed by atoms with Gasteiger partial charge in [-0.15, -0.1) is 0 Å². The lowest BCUT2D eigenvalue weighted by molar-refractivity contribution is -0.116. The molecule has 1 amide bonds. The minimum absolute atomic E-state index is 0.130. The third kappa shape index (κ3) is 3.66. The van der Waals surface area contributed by atoms with Crippen LogP contribution in [0.1, 0.15) is 36.8 Å². The number of nitrogens with one attached hydrogen (secondary N) is 1. The summed E-state index contributed by atoms with van der Waals surface area (Å²) in [5, 5.41) is 3.46. The molecule has 3 rings (SSSR count). The van der Waals surface area contributed by atoms with E-state index < -0.39 is 0 Å². The van der Waals surface area contributed by atoms with Crippen molar-refractivity contribution in [3.63, 3.8) is 0 Å². The van der Waals surface area contributed by atoms with Crippen molar-refractivity contribution in [3.05, 3.63) is 39.7 Å². The van der Waals surface area contributed by atoms with E-state index in [4.69, 9.17) is 9.47 Å². The van der Waals surface area contributed by atoms with Gasteiger partial charge in [-0.2, -0.15) is 4.98 Å². The number of ether oxygens (including phenoxy) is 2. The summed E-state index contributed by atoms with van der Waals surface area (Å²) >= 11 is 1.51. The number of fused-ring (bicyclic) bond motifs is 1. The van der Waals surface area contributed by atoms with Gasteiger partial charge in [0.05, 0.1) is 19.8 Å². The number of rotatable bonds is 6. The van der Waals surface area contributed by atoms with Crippen LogP contribution in [0.2, 0.25) is 0 Å². The second-order valence-electron chi connectivity index (χ2n) is 6.29. The molecule has 0 saturated carbocycles. The summed E-state index contributed by atoms with van der Waals surface area (Å²) in [5.74, 6) is 2.01. The van der Waals surface area contributed by atoms with Crippen LogP contribution in [0.4, 0.5) is 5.82 Å². The van der Waals surface area contributed by atoms with Gasteiger partial charge in [-0.25, -0.2) is 0 Å². The molecule has 0 aliphatic carbocycles. The number of carbonyl (C=O) groups excluding carboxylic acids is 1. The SMILES string of the molecule is CCCSc1nc(=O)c2c(n1C)NC(=O)C[C@H]2c1ccc(OC)c(OC)c1. The Kier molecular flexibility index (Phi) is 5.74. The molecular formula is C19H23N3O4S. The first-order valence-corrected chi connectivity index (χ1v) is 9.74. The molecule has 8 heteroatoms. The lowest BCUT2D eigenvalue weighted by Crippen LogP contribution is -2.33. The molecule has 1 N–H and O–H groups in total. The molecule has 2 aromatic rings. The van der Waals surface area contributed by atoms with Crippen LogP contribution >= 0.6 is 11.8 Å². The molecule has 1 atom stereocenters. The molecule has 144 valence electrons. The lowest BCUT2D eigenvalue weighted by atomic mass is 9.86. The van der Waals surface area contributed by atoms with Gasteiger partial charge < -0.3 is 19.4 Å². The zero-order valence-corrected chi connectivity index (χ0v) is 16.7. The Morgan fingerprint density at radius 3 is 2.67 bits per heavy atom. The van der Waals surface area contributed by atoms with Crippen LogP contribution in [-0.2, 0) is 11.8 Å². The predicted octanol–water partition coefficient (Wildman–Crippen LogP) is 2.77. The predicted molar refractivity (Wildman–Crippen MR) is 105 cm³/mol. The Labute approximate surface area is 162 Å². The molecule has 0 radical (unpaired) electrons. The van der Waals surface area contributed by atoms with Gasteiger partial charge in [0.2, 0.25) is 5.91 Å². The lowest BCUT2D eigenvalue weighted by Gasteiger charge is -2.27. The fourth-order valence-electron chi connectivity index (χ4n) is 3.21. The van der Waals surface area contributed by atoms with Gasteiger partial charge in [0.1, 0.15) is 5.82 Å². The summed E-state index contributed by atoms with van der Waals surface area (Å²) in [6, 6.07) is 5.45. The van der Waals surface area contributed by atoms with Crippen molar-refractivity contribution < 1.29 is 14.3 Å². The molecule has 0 unspecified atom stereocenters. The zero-order chi connectivity index (χ0) is 19.6. The second-order valence-corrected chi connectivity index (χ2v) is 7.35. The van der Waals surface area contributed by atoms with Crippen molar-refractivity contribution in [2.45, 2.75) is 30.8 Å². The molecule has 0 bridgehead atoms. The largest absolute Gasteiger partial charge is 0.493 e. The minimum Gasteiger partial charge on any atom is -0.493 e. The van der Waals surface area contributed by atoms with E-state index in [0.717, 1.165) is 17.7 Å². The Bertz CT molecular complexity index is 926. The third-order valence-electron chi connectivity index (χ3n) is 4.55. The number of benzene rings is 1. The van der Waals surface area contributed by atoms with Crippen molar-refractivity contribution in [1.82, 2.24) is 9.55 Å². The number of thioether (sulfide) groups is 1. The monoisotopic (exact) mass is 389 g/mol. The average Bonchev–Trinajstić information content (AvgIpc) is 2.68. The molecular weight excluding hydrogens is 366 g/mol. The van der Waals surface area contributed by atoms with E-state index >= 15 is 0 Å². The maximum absolute atomic E-state index is 12.8. The maximum Gasteiger partial charge on any atom is 0.279 e. The number of hydrogen-bond acceptors (Lipinski definition) is 6. The van der Waals surface area contributed by atoms with E-state index in [0.29, 0.717) is 28.0 Å². The van der Waals surface area contributed by atoms with Crippen molar-refractivity contribution in [3.8, 4) is 11.5 Å². The van der Waals surface area contributed by atoms with Crippen molar-refractivity contribution in [2.75, 3.05) is 25.3 Å². The summed E-state index contributed by atoms with van der Waals surface area (Å²) in [6.07, 6.45) is 1.15. The smallest absolute Gasteiger partial charge is 0.279 e. The maximum atomic E-state index is 12.8. The van der Waals surface area contributed by atoms with Gasteiger partial charge in [0.15, 0.2) is 16.7 Å². The van der Waals surface area contributed by atoms with E-state index in [-0.39, 0.29) is 23.8 Å². The molecule has 7 nitrogen and oxygen atoms in total. The van der Waals surface area contributed by atoms with Crippen LogP contribution in [0.15, 0.2) is 28.2 Å². The minimum atomic E-state index is -0.384. The highest BCUT2D eigenvalue weighted by Gasteiger charge is 2.32. The second kappa shape index (κ2) is 8.04. The fourth-order valence-corrected chi connectivity index (χ4v) is 4.03. The number of methoxy groups -OCH3 is 2. The molecule has 1 aromatic carbocycles. The van der Waals surface area contributed by atoms with Gasteiger partial charge in [-0.1, -0.05) is 24.8 Å². The number of anilines is 1. The fraction of sp³-hybridized carbons (Fsp3) is 0.421. The molecule has 27 heavy (non-hydrogen) atoms. The van der Waals surface area contributed by atoms with Gasteiger partial charge in [0.25, 0.3) is 5.56 Å². The summed E-state index contributed by atoms with van der Waals surface area (Å²) in [6.45, 7) is 2.07. The van der Waals surface area contributed by atoms with Gasteiger partial charge in [-0.05, 0) is 24.1 Å². The van der Waals surface area contributed by atoms with Crippen molar-refractivity contribution in [1.29, 1.82) is 0 Å². The summed E-state index contributed by atoms with van der Waals surface area (Å²) in [5.41, 5.74) is 1.02. The number of aromatic nitrogens is 2. The first-order chi connectivity index (χ1) is 13.0. The third-order valence-corrected chi connectivity index (χ3v) is 5.78. The van der Waals surface area contributed by atoms with E-state index in [1.807, 2.05) is 19.2 Å². The Balaban J connectivity index is 2.12.